The zero-order valence-corrected chi connectivity index (χ0v) is 48.0. The Morgan fingerprint density at radius 2 is 1.36 bits per heavy atom. The number of unbranched alkanes of at least 4 members (excludes halogenated alkanes) is 1. The number of aliphatic hydroxyl groups is 3. The summed E-state index contributed by atoms with van der Waals surface area (Å²) in [4.78, 5) is 111. The van der Waals surface area contributed by atoms with E-state index in [1.807, 2.05) is 57.2 Å². The van der Waals surface area contributed by atoms with Crippen LogP contribution in [0.2, 0.25) is 0 Å². The van der Waals surface area contributed by atoms with Crippen LogP contribution in [0.3, 0.4) is 0 Å². The smallest absolute Gasteiger partial charge is 0.305 e. The van der Waals surface area contributed by atoms with Crippen LogP contribution in [-0.2, 0) is 64.0 Å². The number of hydrogen-bond donors (Lipinski definition) is 12. The minimum absolute atomic E-state index is 0.0591. The molecule has 4 aromatic carbocycles. The summed E-state index contributed by atoms with van der Waals surface area (Å²) in [7, 11) is 0. The number of carbonyl (C=O) groups is 8. The molecule has 0 heterocycles. The Morgan fingerprint density at radius 1 is 0.738 bits per heavy atom. The molecule has 0 aromatic heterocycles. The van der Waals surface area contributed by atoms with Crippen LogP contribution in [0.1, 0.15) is 93.2 Å². The monoisotopic (exact) mass is 1170 g/mol. The summed E-state index contributed by atoms with van der Waals surface area (Å²) < 4.78 is 20.8. The zero-order valence-electron chi connectivity index (χ0n) is 48.0. The summed E-state index contributed by atoms with van der Waals surface area (Å²) in [6.45, 7) is 8.98. The standard InChI is InChI=1S/C59H78FN11O13/c1-7-39-29-42(84-24-11-10-23-64-71-63)21-22-43(39)40-19-17-37(18-20-40)28-46(53(78)65-45(52(62)77)16-12-13-38-26-33(2)25-34(3)27-38)66-54(79)47(30-49(75)76)67-55(80)48(32-72)68-57(82)51(36(5)74)69-58(83)59(6,70-56(81)50(61)35(4)73)31-41-14-8-9-15-44(41)60/h8-9,14-15,17-22,25-27,29,35-36,45-48,50-51,72-74H,7,10-13,16,23-24,28,30-32,61H2,1-6H3,(H2,62,77)(H,65,78)(H,66,79)(H,67,80)(H,68,82)(H,69,83)(H,70,81)(H,75,76)/t35-,36-,45+,46+,47+,48+,50+,51+,59+/m1/s1. The molecule has 0 spiro atoms. The molecule has 454 valence electrons. The van der Waals surface area contributed by atoms with E-state index in [2.05, 4.69) is 41.9 Å². The predicted octanol–water partition coefficient (Wildman–Crippen LogP) is 2.29. The highest BCUT2D eigenvalue weighted by Gasteiger charge is 2.41. The second-order valence-corrected chi connectivity index (χ2v) is 20.9. The van der Waals surface area contributed by atoms with Crippen LogP contribution in [-0.4, -0.2) is 142 Å². The fraction of sp³-hybridized carbons (Fsp3) is 0.458. The molecule has 0 aliphatic heterocycles. The van der Waals surface area contributed by atoms with Crippen LogP contribution in [0, 0.1) is 19.7 Å². The van der Waals surface area contributed by atoms with Crippen molar-refractivity contribution in [1.82, 2.24) is 31.9 Å². The van der Waals surface area contributed by atoms with Crippen LogP contribution < -0.4 is 48.1 Å². The minimum Gasteiger partial charge on any atom is -0.494 e. The number of ether oxygens (including phenoxy) is 1. The van der Waals surface area contributed by atoms with Gasteiger partial charge in [-0.05, 0) is 130 Å². The molecule has 4 rings (SSSR count). The summed E-state index contributed by atoms with van der Waals surface area (Å²) in [5, 5.41) is 58.7. The molecule has 0 saturated heterocycles. The molecule has 0 aliphatic rings. The Morgan fingerprint density at radius 3 is 1.95 bits per heavy atom. The Kier molecular flexibility index (Phi) is 26.7. The van der Waals surface area contributed by atoms with Gasteiger partial charge in [-0.1, -0.05) is 89.9 Å². The first-order valence-electron chi connectivity index (χ1n) is 27.5. The molecular weight excluding hydrogens is 1090 g/mol. The highest BCUT2D eigenvalue weighted by atomic mass is 19.1. The third-order valence-corrected chi connectivity index (χ3v) is 13.8. The third-order valence-electron chi connectivity index (χ3n) is 13.8. The van der Waals surface area contributed by atoms with Gasteiger partial charge in [0.1, 0.15) is 53.4 Å². The van der Waals surface area contributed by atoms with Crippen molar-refractivity contribution in [3.05, 3.63) is 135 Å². The van der Waals surface area contributed by atoms with Gasteiger partial charge in [0, 0.05) is 24.3 Å². The average Bonchev–Trinajstić information content (AvgIpc) is 3.60. The van der Waals surface area contributed by atoms with Crippen LogP contribution in [0.4, 0.5) is 4.39 Å². The maximum atomic E-state index is 14.9. The molecular formula is C59H78FN11O13. The van der Waals surface area contributed by atoms with Crippen LogP contribution >= 0.6 is 0 Å². The highest BCUT2D eigenvalue weighted by molar-refractivity contribution is 5.99. The second kappa shape index (κ2) is 33.0. The van der Waals surface area contributed by atoms with Crippen LogP contribution in [0.25, 0.3) is 21.6 Å². The molecule has 24 nitrogen and oxygen atoms in total. The minimum atomic E-state index is -2.11. The van der Waals surface area contributed by atoms with Crippen molar-refractivity contribution in [2.75, 3.05) is 19.8 Å². The molecule has 4 aromatic rings. The number of carboxylic acid groups (broad SMARTS) is 1. The quantitative estimate of drug-likeness (QED) is 0.0138. The SMILES string of the molecule is CCc1cc(OCCCCN=[N+]=[N-])ccc1-c1ccc(C[C@H](NC(=O)[C@H](CC(=O)O)NC(=O)[C@H](CO)NC(=O)[C@@H](NC(=O)[C@](C)(Cc2ccccc2F)NC(=O)[C@@H](N)[C@@H](C)O)[C@@H](C)O)C(=O)N[C@@H](CCCc2cc(C)cc(C)c2)C(N)=O)cc1. The van der Waals surface area contributed by atoms with Gasteiger partial charge in [-0.3, -0.25) is 38.4 Å². The number of azide groups is 1. The van der Waals surface area contributed by atoms with Crippen molar-refractivity contribution in [1.29, 1.82) is 0 Å². The van der Waals surface area contributed by atoms with E-state index < -0.39 is 127 Å². The molecule has 0 saturated carbocycles. The Labute approximate surface area is 486 Å². The van der Waals surface area contributed by atoms with Gasteiger partial charge in [0.2, 0.25) is 41.4 Å². The average molecular weight is 1170 g/mol. The van der Waals surface area contributed by atoms with E-state index >= 15 is 0 Å². The number of rotatable bonds is 34. The summed E-state index contributed by atoms with van der Waals surface area (Å²) >= 11 is 0. The van der Waals surface area contributed by atoms with Gasteiger partial charge < -0.3 is 68.5 Å². The van der Waals surface area contributed by atoms with Gasteiger partial charge in [-0.15, -0.1) is 0 Å². The van der Waals surface area contributed by atoms with E-state index in [1.165, 1.54) is 32.0 Å². The first kappa shape index (κ1) is 68.0. The Balaban J connectivity index is 1.59. The largest absolute Gasteiger partial charge is 0.494 e. The summed E-state index contributed by atoms with van der Waals surface area (Å²) in [5.41, 5.74) is 24.2. The molecule has 0 fully saturated rings. The summed E-state index contributed by atoms with van der Waals surface area (Å²) in [5.74, 6) is -9.47. The number of amides is 7. The van der Waals surface area contributed by atoms with E-state index in [9.17, 15) is 63.2 Å². The summed E-state index contributed by atoms with van der Waals surface area (Å²) in [6, 6.07) is 13.8. The van der Waals surface area contributed by atoms with E-state index in [4.69, 9.17) is 21.7 Å². The highest BCUT2D eigenvalue weighted by Crippen LogP contribution is 2.29. The predicted molar refractivity (Wildman–Crippen MR) is 309 cm³/mol. The molecule has 0 aliphatic carbocycles. The lowest BCUT2D eigenvalue weighted by Crippen LogP contribution is -2.66. The Hall–Kier alpha value is -8.48. The lowest BCUT2D eigenvalue weighted by Gasteiger charge is -2.34. The van der Waals surface area contributed by atoms with Crippen molar-refractivity contribution >= 4 is 47.3 Å². The molecule has 14 N–H and O–H groups in total. The third kappa shape index (κ3) is 21.1. The van der Waals surface area contributed by atoms with Gasteiger partial charge >= 0.3 is 5.97 Å². The number of nitrogens with zero attached hydrogens (tertiary/aromatic N) is 3. The second-order valence-electron chi connectivity index (χ2n) is 20.9. The molecule has 7 amide bonds. The number of aliphatic carboxylic acids is 1. The topological polar surface area (TPSA) is 400 Å². The normalized spacial score (nSPS) is 14.7. The van der Waals surface area contributed by atoms with Crippen molar-refractivity contribution in [2.24, 2.45) is 16.6 Å². The number of aryl methyl sites for hydroxylation is 4. The number of benzene rings is 4. The number of aliphatic hydroxyl groups excluding tert-OH is 3. The van der Waals surface area contributed by atoms with Gasteiger partial charge in [0.25, 0.3) is 0 Å². The van der Waals surface area contributed by atoms with Crippen molar-refractivity contribution in [2.45, 2.75) is 153 Å². The van der Waals surface area contributed by atoms with Crippen LogP contribution in [0.15, 0.2) is 90.0 Å². The van der Waals surface area contributed by atoms with Crippen molar-refractivity contribution < 1.29 is 67.9 Å². The van der Waals surface area contributed by atoms with Crippen molar-refractivity contribution in [3.8, 4) is 16.9 Å². The number of primary amides is 1. The molecule has 0 unspecified atom stereocenters. The zero-order chi connectivity index (χ0) is 62.3. The Bertz CT molecular complexity index is 2970. The van der Waals surface area contributed by atoms with Crippen LogP contribution in [0.5, 0.6) is 5.75 Å². The van der Waals surface area contributed by atoms with E-state index in [-0.39, 0.29) is 18.4 Å². The first-order valence-corrected chi connectivity index (χ1v) is 27.5. The van der Waals surface area contributed by atoms with E-state index in [0.29, 0.717) is 56.6 Å². The number of carboxylic acids is 1. The van der Waals surface area contributed by atoms with Gasteiger partial charge in [-0.2, -0.15) is 0 Å². The summed E-state index contributed by atoms with van der Waals surface area (Å²) in [6.07, 6.45) is -1.91. The fourth-order valence-electron chi connectivity index (χ4n) is 9.17. The number of hydrogen-bond acceptors (Lipinski definition) is 14. The van der Waals surface area contributed by atoms with Gasteiger partial charge in [-0.25, -0.2) is 4.39 Å². The van der Waals surface area contributed by atoms with E-state index in [1.54, 1.807) is 24.3 Å². The fourth-order valence-corrected chi connectivity index (χ4v) is 9.17. The lowest BCUT2D eigenvalue weighted by atomic mass is 9.90. The van der Waals surface area contributed by atoms with Crippen molar-refractivity contribution in [3.63, 3.8) is 0 Å². The molecule has 0 bridgehead atoms. The van der Waals surface area contributed by atoms with Gasteiger partial charge in [0.05, 0.1) is 31.8 Å². The number of carbonyl (C=O) groups excluding carboxylic acids is 7. The maximum Gasteiger partial charge on any atom is 0.305 e. The molecule has 0 radical (unpaired) electrons. The number of nitrogens with two attached hydrogens (primary N) is 2. The number of nitrogens with one attached hydrogen (secondary N) is 6. The first-order chi connectivity index (χ1) is 39.8. The maximum absolute atomic E-state index is 14.9. The molecule has 9 atom stereocenters. The number of halogens is 1. The van der Waals surface area contributed by atoms with Gasteiger partial charge in [0.15, 0.2) is 0 Å². The van der Waals surface area contributed by atoms with E-state index in [0.717, 1.165) is 46.4 Å². The molecule has 25 heteroatoms. The lowest BCUT2D eigenvalue weighted by molar-refractivity contribution is -0.142. The molecule has 84 heavy (non-hydrogen) atoms.